The second-order valence-electron chi connectivity index (χ2n) is 3.78. The Morgan fingerprint density at radius 3 is 2.20 bits per heavy atom. The molecule has 0 radical (unpaired) electrons. The van der Waals surface area contributed by atoms with Crippen LogP contribution in [0.5, 0.6) is 5.75 Å². The molecule has 2 nitrogen and oxygen atoms in total. The van der Waals surface area contributed by atoms with E-state index in [0.717, 1.165) is 12.1 Å². The van der Waals surface area contributed by atoms with Gasteiger partial charge in [0.25, 0.3) is 0 Å². The van der Waals surface area contributed by atoms with Crippen molar-refractivity contribution in [2.45, 2.75) is 18.8 Å². The Labute approximate surface area is 115 Å². The minimum atomic E-state index is -4.66. The van der Waals surface area contributed by atoms with E-state index in [2.05, 4.69) is 12.2 Å². The Balaban J connectivity index is 2.92. The van der Waals surface area contributed by atoms with E-state index in [-0.39, 0.29) is 5.75 Å². The third kappa shape index (κ3) is 4.87. The summed E-state index contributed by atoms with van der Waals surface area (Å²) in [6, 6.07) is 2.46. The molecule has 0 unspecified atom stereocenters. The maximum atomic E-state index is 12.6. The summed E-state index contributed by atoms with van der Waals surface area (Å²) in [6.07, 6.45) is -10.3. The molecule has 0 fully saturated rings. The van der Waals surface area contributed by atoms with Crippen molar-refractivity contribution in [3.63, 3.8) is 0 Å². The lowest BCUT2D eigenvalue weighted by Crippen LogP contribution is -2.18. The van der Waals surface area contributed by atoms with E-state index in [4.69, 9.17) is 10.5 Å². The fourth-order valence-electron chi connectivity index (χ4n) is 1.35. The first-order valence-corrected chi connectivity index (χ1v) is 5.62. The normalized spacial score (nSPS) is 12.3. The summed E-state index contributed by atoms with van der Waals surface area (Å²) in [5.74, 6) is -0.162. The zero-order valence-corrected chi connectivity index (χ0v) is 10.6. The Kier molecular flexibility index (Phi) is 4.85. The zero-order chi connectivity index (χ0) is 15.6. The lowest BCUT2D eigenvalue weighted by atomic mass is 10.1. The highest BCUT2D eigenvalue weighted by atomic mass is 32.1. The number of benzene rings is 1. The summed E-state index contributed by atoms with van der Waals surface area (Å²) >= 11 is 4.49. The maximum absolute atomic E-state index is 12.6. The van der Waals surface area contributed by atoms with Gasteiger partial charge in [-0.1, -0.05) is 12.2 Å². The zero-order valence-electron chi connectivity index (χ0n) is 9.81. The van der Waals surface area contributed by atoms with Crippen molar-refractivity contribution in [2.75, 3.05) is 6.61 Å². The third-order valence-corrected chi connectivity index (χ3v) is 2.44. The van der Waals surface area contributed by atoms with E-state index in [1.54, 1.807) is 0 Å². The maximum Gasteiger partial charge on any atom is 0.417 e. The Hall–Kier alpha value is -1.51. The second-order valence-corrected chi connectivity index (χ2v) is 4.22. The summed E-state index contributed by atoms with van der Waals surface area (Å²) in [4.78, 5) is -0.515. The van der Waals surface area contributed by atoms with Gasteiger partial charge in [-0.2, -0.15) is 26.3 Å². The molecule has 20 heavy (non-hydrogen) atoms. The molecule has 0 saturated heterocycles. The van der Waals surface area contributed by atoms with Crippen LogP contribution < -0.4 is 10.5 Å². The van der Waals surface area contributed by atoms with Gasteiger partial charge in [0, 0.05) is 5.56 Å². The van der Waals surface area contributed by atoms with Gasteiger partial charge >= 0.3 is 12.4 Å². The standard InChI is InChI=1S/C11H9F6NOS/c12-10(13,14)3-4-19-6-1-2-8(11(15,16)17)7(5-6)9(18)20/h1-2,5H,3-4H2,(H2,18,20). The van der Waals surface area contributed by atoms with E-state index in [1.165, 1.54) is 0 Å². The summed E-state index contributed by atoms with van der Waals surface area (Å²) in [6.45, 7) is -0.703. The largest absolute Gasteiger partial charge is 0.493 e. The number of thiocarbonyl (C=S) groups is 1. The molecule has 0 aliphatic rings. The van der Waals surface area contributed by atoms with Crippen molar-refractivity contribution in [1.29, 1.82) is 0 Å². The number of hydrogen-bond acceptors (Lipinski definition) is 2. The molecule has 1 aromatic rings. The van der Waals surface area contributed by atoms with Crippen molar-refractivity contribution in [3.8, 4) is 5.75 Å². The molecule has 0 heterocycles. The van der Waals surface area contributed by atoms with E-state index in [9.17, 15) is 26.3 Å². The van der Waals surface area contributed by atoms with Gasteiger partial charge < -0.3 is 10.5 Å². The molecule has 2 N–H and O–H groups in total. The van der Waals surface area contributed by atoms with Gasteiger partial charge in [0.1, 0.15) is 10.7 Å². The van der Waals surface area contributed by atoms with Crippen LogP contribution in [-0.2, 0) is 6.18 Å². The monoisotopic (exact) mass is 317 g/mol. The summed E-state index contributed by atoms with van der Waals surface area (Å²) in [5, 5.41) is 0. The highest BCUT2D eigenvalue weighted by Gasteiger charge is 2.34. The molecule has 0 aliphatic carbocycles. The molecular weight excluding hydrogens is 308 g/mol. The van der Waals surface area contributed by atoms with E-state index >= 15 is 0 Å². The van der Waals surface area contributed by atoms with Gasteiger partial charge in [0.15, 0.2) is 0 Å². The van der Waals surface area contributed by atoms with Gasteiger partial charge in [-0.15, -0.1) is 0 Å². The highest BCUT2D eigenvalue weighted by molar-refractivity contribution is 7.80. The number of halogens is 6. The number of rotatable bonds is 4. The Bertz CT molecular complexity index is 497. The number of nitrogens with two attached hydrogens (primary N) is 1. The van der Waals surface area contributed by atoms with Crippen LogP contribution in [0.2, 0.25) is 0 Å². The molecule has 1 rings (SSSR count). The third-order valence-electron chi connectivity index (χ3n) is 2.22. The van der Waals surface area contributed by atoms with Crippen molar-refractivity contribution in [2.24, 2.45) is 5.73 Å². The molecule has 1 aromatic carbocycles. The van der Waals surface area contributed by atoms with Gasteiger partial charge in [0.05, 0.1) is 18.6 Å². The number of hydrogen-bond donors (Lipinski definition) is 1. The second kappa shape index (κ2) is 5.86. The van der Waals surface area contributed by atoms with Crippen LogP contribution in [0.25, 0.3) is 0 Å². The van der Waals surface area contributed by atoms with Crippen LogP contribution in [-0.4, -0.2) is 17.8 Å². The molecule has 0 amide bonds. The van der Waals surface area contributed by atoms with Crippen LogP contribution in [0.1, 0.15) is 17.5 Å². The molecule has 0 atom stereocenters. The SMILES string of the molecule is NC(=S)c1cc(OCCC(F)(F)F)ccc1C(F)(F)F. The van der Waals surface area contributed by atoms with Gasteiger partial charge in [-0.25, -0.2) is 0 Å². The van der Waals surface area contributed by atoms with Crippen molar-refractivity contribution >= 4 is 17.2 Å². The number of ether oxygens (including phenoxy) is 1. The average Bonchev–Trinajstić information content (AvgIpc) is 2.25. The van der Waals surface area contributed by atoms with E-state index in [0.29, 0.717) is 6.07 Å². The predicted molar refractivity (Wildman–Crippen MR) is 63.5 cm³/mol. The first-order valence-electron chi connectivity index (χ1n) is 5.21. The fraction of sp³-hybridized carbons (Fsp3) is 0.364. The smallest absolute Gasteiger partial charge is 0.417 e. The van der Waals surface area contributed by atoms with Gasteiger partial charge in [0.2, 0.25) is 0 Å². The lowest BCUT2D eigenvalue weighted by molar-refractivity contribution is -0.139. The minimum absolute atomic E-state index is 0.162. The first kappa shape index (κ1) is 16.5. The van der Waals surface area contributed by atoms with Crippen LogP contribution in [0.4, 0.5) is 26.3 Å². The average molecular weight is 317 g/mol. The van der Waals surface area contributed by atoms with Crippen LogP contribution in [0.3, 0.4) is 0 Å². The molecule has 0 aliphatic heterocycles. The Morgan fingerprint density at radius 1 is 1.15 bits per heavy atom. The molecule has 112 valence electrons. The Morgan fingerprint density at radius 2 is 1.75 bits per heavy atom. The van der Waals surface area contributed by atoms with Gasteiger partial charge in [-0.05, 0) is 18.2 Å². The van der Waals surface area contributed by atoms with Crippen molar-refractivity contribution < 1.29 is 31.1 Å². The quantitative estimate of drug-likeness (QED) is 0.680. The molecule has 9 heteroatoms. The van der Waals surface area contributed by atoms with Crippen LogP contribution >= 0.6 is 12.2 Å². The lowest BCUT2D eigenvalue weighted by Gasteiger charge is -2.14. The minimum Gasteiger partial charge on any atom is -0.493 e. The van der Waals surface area contributed by atoms with Crippen molar-refractivity contribution in [1.82, 2.24) is 0 Å². The topological polar surface area (TPSA) is 35.2 Å². The van der Waals surface area contributed by atoms with Crippen LogP contribution in [0, 0.1) is 0 Å². The predicted octanol–water partition coefficient (Wildman–Crippen LogP) is 3.67. The summed E-state index contributed by atoms with van der Waals surface area (Å²) in [5.41, 5.74) is 3.62. The first-order chi connectivity index (χ1) is 9.00. The fourth-order valence-corrected chi connectivity index (χ4v) is 1.52. The molecular formula is C11H9F6NOS. The highest BCUT2D eigenvalue weighted by Crippen LogP contribution is 2.34. The summed E-state index contributed by atoms with van der Waals surface area (Å²) < 4.78 is 78.4. The molecule has 0 bridgehead atoms. The van der Waals surface area contributed by atoms with Crippen molar-refractivity contribution in [3.05, 3.63) is 29.3 Å². The van der Waals surface area contributed by atoms with Gasteiger partial charge in [-0.3, -0.25) is 0 Å². The number of alkyl halides is 6. The van der Waals surface area contributed by atoms with E-state index < -0.39 is 41.5 Å². The van der Waals surface area contributed by atoms with Crippen LogP contribution in [0.15, 0.2) is 18.2 Å². The summed E-state index contributed by atoms with van der Waals surface area (Å²) in [7, 11) is 0. The van der Waals surface area contributed by atoms with E-state index in [1.807, 2.05) is 0 Å². The molecule has 0 saturated carbocycles. The molecule has 0 spiro atoms. The molecule has 0 aromatic heterocycles.